The maximum absolute atomic E-state index is 12.9. The van der Waals surface area contributed by atoms with E-state index in [2.05, 4.69) is 10.2 Å². The summed E-state index contributed by atoms with van der Waals surface area (Å²) in [6.07, 6.45) is 1.58. The summed E-state index contributed by atoms with van der Waals surface area (Å²) in [6, 6.07) is 15.6. The summed E-state index contributed by atoms with van der Waals surface area (Å²) >= 11 is 0. The van der Waals surface area contributed by atoms with Crippen LogP contribution in [0.25, 0.3) is 11.3 Å². The summed E-state index contributed by atoms with van der Waals surface area (Å²) in [5.41, 5.74) is 4.47. The number of amides is 1. The van der Waals surface area contributed by atoms with Crippen LogP contribution >= 0.6 is 0 Å². The van der Waals surface area contributed by atoms with Gasteiger partial charge in [-0.15, -0.1) is 0 Å². The van der Waals surface area contributed by atoms with Gasteiger partial charge in [0, 0.05) is 19.2 Å². The molecule has 0 atom stereocenters. The van der Waals surface area contributed by atoms with Gasteiger partial charge in [0.25, 0.3) is 5.91 Å². The maximum Gasteiger partial charge on any atom is 0.257 e. The summed E-state index contributed by atoms with van der Waals surface area (Å²) in [5, 5.41) is 7.00. The van der Waals surface area contributed by atoms with Gasteiger partial charge >= 0.3 is 0 Å². The molecule has 0 saturated carbocycles. The lowest BCUT2D eigenvalue weighted by Crippen LogP contribution is -2.26. The Bertz CT molecular complexity index is 869. The number of benzene rings is 2. The average Bonchev–Trinajstić information content (AvgIpc) is 3.12. The van der Waals surface area contributed by atoms with Gasteiger partial charge in [-0.2, -0.15) is 5.10 Å². The Morgan fingerprint density at radius 3 is 2.56 bits per heavy atom. The standard InChI is InChI=1S/C20H21N3O2/c1-14-6-4-5-7-16(14)13-23(2)20(24)18-12-21-22-19(18)15-8-10-17(25-3)11-9-15/h4-12H,13H2,1-3H3,(H,21,22). The number of methoxy groups -OCH3 is 1. The van der Waals surface area contributed by atoms with Crippen molar-refractivity contribution in [2.75, 3.05) is 14.2 Å². The van der Waals surface area contributed by atoms with Gasteiger partial charge in [-0.05, 0) is 42.3 Å². The topological polar surface area (TPSA) is 58.2 Å². The van der Waals surface area contributed by atoms with E-state index >= 15 is 0 Å². The molecule has 0 saturated heterocycles. The predicted molar refractivity (Wildman–Crippen MR) is 97.6 cm³/mol. The lowest BCUT2D eigenvalue weighted by Gasteiger charge is -2.18. The number of carbonyl (C=O) groups excluding carboxylic acids is 1. The molecule has 0 aliphatic carbocycles. The minimum atomic E-state index is -0.0668. The number of nitrogens with zero attached hydrogens (tertiary/aromatic N) is 2. The van der Waals surface area contributed by atoms with Crippen LogP contribution in [-0.4, -0.2) is 35.2 Å². The highest BCUT2D eigenvalue weighted by atomic mass is 16.5. The number of hydrogen-bond acceptors (Lipinski definition) is 3. The van der Waals surface area contributed by atoms with Crippen LogP contribution in [0.2, 0.25) is 0 Å². The highest BCUT2D eigenvalue weighted by Crippen LogP contribution is 2.25. The molecule has 0 bridgehead atoms. The minimum Gasteiger partial charge on any atom is -0.497 e. The van der Waals surface area contributed by atoms with Gasteiger partial charge in [0.15, 0.2) is 0 Å². The number of aromatic nitrogens is 2. The van der Waals surface area contributed by atoms with E-state index in [1.807, 2.05) is 55.5 Å². The Labute approximate surface area is 147 Å². The second-order valence-electron chi connectivity index (χ2n) is 5.97. The fraction of sp³-hybridized carbons (Fsp3) is 0.200. The lowest BCUT2D eigenvalue weighted by atomic mass is 10.1. The van der Waals surface area contributed by atoms with E-state index < -0.39 is 0 Å². The zero-order chi connectivity index (χ0) is 17.8. The van der Waals surface area contributed by atoms with E-state index in [0.29, 0.717) is 17.8 Å². The van der Waals surface area contributed by atoms with Crippen molar-refractivity contribution in [3.63, 3.8) is 0 Å². The van der Waals surface area contributed by atoms with Crippen LogP contribution in [0.5, 0.6) is 5.75 Å². The molecule has 0 fully saturated rings. The first-order valence-electron chi connectivity index (χ1n) is 8.08. The minimum absolute atomic E-state index is 0.0668. The third-order valence-corrected chi connectivity index (χ3v) is 4.26. The van der Waals surface area contributed by atoms with Crippen LogP contribution in [-0.2, 0) is 6.54 Å². The molecule has 1 heterocycles. The molecule has 5 nitrogen and oxygen atoms in total. The molecule has 0 aliphatic heterocycles. The summed E-state index contributed by atoms with van der Waals surface area (Å²) < 4.78 is 5.18. The molecule has 0 spiro atoms. The molecule has 3 rings (SSSR count). The normalized spacial score (nSPS) is 10.5. The van der Waals surface area contributed by atoms with Gasteiger partial charge < -0.3 is 9.64 Å². The van der Waals surface area contributed by atoms with Gasteiger partial charge in [-0.25, -0.2) is 0 Å². The average molecular weight is 335 g/mol. The highest BCUT2D eigenvalue weighted by Gasteiger charge is 2.19. The maximum atomic E-state index is 12.9. The summed E-state index contributed by atoms with van der Waals surface area (Å²) in [7, 11) is 3.43. The Balaban J connectivity index is 1.83. The molecule has 5 heteroatoms. The number of H-pyrrole nitrogens is 1. The third-order valence-electron chi connectivity index (χ3n) is 4.26. The molecule has 1 N–H and O–H groups in total. The van der Waals surface area contributed by atoms with Gasteiger partial charge in [0.05, 0.1) is 24.6 Å². The molecule has 0 aliphatic rings. The van der Waals surface area contributed by atoms with Crippen molar-refractivity contribution in [1.82, 2.24) is 15.1 Å². The second kappa shape index (κ2) is 7.21. The highest BCUT2D eigenvalue weighted by molar-refractivity contribution is 5.99. The van der Waals surface area contributed by atoms with Crippen LogP contribution in [0.1, 0.15) is 21.5 Å². The van der Waals surface area contributed by atoms with Crippen molar-refractivity contribution >= 4 is 5.91 Å². The third kappa shape index (κ3) is 3.55. The van der Waals surface area contributed by atoms with Crippen LogP contribution in [0.3, 0.4) is 0 Å². The first-order chi connectivity index (χ1) is 12.1. The van der Waals surface area contributed by atoms with E-state index in [9.17, 15) is 4.79 Å². The van der Waals surface area contributed by atoms with E-state index in [1.165, 1.54) is 5.56 Å². The number of hydrogen-bond donors (Lipinski definition) is 1. The van der Waals surface area contributed by atoms with E-state index in [-0.39, 0.29) is 5.91 Å². The molecule has 128 valence electrons. The Morgan fingerprint density at radius 2 is 1.88 bits per heavy atom. The lowest BCUT2D eigenvalue weighted by molar-refractivity contribution is 0.0786. The van der Waals surface area contributed by atoms with Crippen molar-refractivity contribution < 1.29 is 9.53 Å². The number of aryl methyl sites for hydroxylation is 1. The molecular formula is C20H21N3O2. The van der Waals surface area contributed by atoms with Crippen LogP contribution in [0, 0.1) is 6.92 Å². The van der Waals surface area contributed by atoms with Gasteiger partial charge in [0.1, 0.15) is 5.75 Å². The molecule has 1 aromatic heterocycles. The Hall–Kier alpha value is -3.08. The zero-order valence-corrected chi connectivity index (χ0v) is 14.6. The van der Waals surface area contributed by atoms with Crippen LogP contribution in [0.4, 0.5) is 0 Å². The van der Waals surface area contributed by atoms with Crippen molar-refractivity contribution in [3.8, 4) is 17.0 Å². The van der Waals surface area contributed by atoms with Crippen molar-refractivity contribution in [2.45, 2.75) is 13.5 Å². The van der Waals surface area contributed by atoms with Crippen molar-refractivity contribution in [1.29, 1.82) is 0 Å². The number of nitrogens with one attached hydrogen (secondary N) is 1. The molecule has 1 amide bonds. The summed E-state index contributed by atoms with van der Waals surface area (Å²) in [4.78, 5) is 14.6. The van der Waals surface area contributed by atoms with Crippen LogP contribution < -0.4 is 4.74 Å². The van der Waals surface area contributed by atoms with Crippen molar-refractivity contribution in [3.05, 3.63) is 71.4 Å². The van der Waals surface area contributed by atoms with E-state index in [1.54, 1.807) is 25.3 Å². The largest absolute Gasteiger partial charge is 0.497 e. The number of ether oxygens (including phenoxy) is 1. The zero-order valence-electron chi connectivity index (χ0n) is 14.6. The SMILES string of the molecule is COc1ccc(-c2[nH]ncc2C(=O)N(C)Cc2ccccc2C)cc1. The first-order valence-corrected chi connectivity index (χ1v) is 8.08. The Morgan fingerprint density at radius 1 is 1.16 bits per heavy atom. The molecule has 2 aromatic carbocycles. The van der Waals surface area contributed by atoms with Gasteiger partial charge in [0.2, 0.25) is 0 Å². The summed E-state index contributed by atoms with van der Waals surface area (Å²) in [5.74, 6) is 0.704. The molecule has 3 aromatic rings. The smallest absolute Gasteiger partial charge is 0.257 e. The molecule has 25 heavy (non-hydrogen) atoms. The van der Waals surface area contributed by atoms with Gasteiger partial charge in [-0.3, -0.25) is 9.89 Å². The van der Waals surface area contributed by atoms with Crippen LogP contribution in [0.15, 0.2) is 54.7 Å². The quantitative estimate of drug-likeness (QED) is 0.774. The molecular weight excluding hydrogens is 314 g/mol. The number of rotatable bonds is 5. The fourth-order valence-corrected chi connectivity index (χ4v) is 2.75. The molecule has 0 unspecified atom stereocenters. The fourth-order valence-electron chi connectivity index (χ4n) is 2.75. The second-order valence-corrected chi connectivity index (χ2v) is 5.97. The first kappa shape index (κ1) is 16.8. The summed E-state index contributed by atoms with van der Waals surface area (Å²) in [6.45, 7) is 2.60. The predicted octanol–water partition coefficient (Wildman–Crippen LogP) is 3.67. The number of carbonyl (C=O) groups is 1. The van der Waals surface area contributed by atoms with E-state index in [4.69, 9.17) is 4.74 Å². The van der Waals surface area contributed by atoms with Gasteiger partial charge in [-0.1, -0.05) is 24.3 Å². The monoisotopic (exact) mass is 335 g/mol. The number of aromatic amines is 1. The Kier molecular flexibility index (Phi) is 4.84. The molecule has 0 radical (unpaired) electrons. The van der Waals surface area contributed by atoms with E-state index in [0.717, 1.165) is 16.9 Å². The van der Waals surface area contributed by atoms with Crippen molar-refractivity contribution in [2.24, 2.45) is 0 Å².